The third-order valence-corrected chi connectivity index (χ3v) is 5.15. The van der Waals surface area contributed by atoms with Crippen LogP contribution in [0.5, 0.6) is 0 Å². The topological polar surface area (TPSA) is 83.5 Å². The van der Waals surface area contributed by atoms with Crippen LogP contribution in [0, 0.1) is 12.7 Å². The van der Waals surface area contributed by atoms with E-state index in [1.54, 1.807) is 0 Å². The molecule has 0 atom stereocenters. The number of aromatic carboxylic acids is 1. The van der Waals surface area contributed by atoms with Crippen molar-refractivity contribution >= 4 is 33.0 Å². The quantitative estimate of drug-likeness (QED) is 0.908. The Hall–Kier alpha value is -1.93. The van der Waals surface area contributed by atoms with E-state index in [0.717, 1.165) is 23.5 Å². The lowest BCUT2D eigenvalue weighted by atomic mass is 10.3. The van der Waals surface area contributed by atoms with Crippen LogP contribution in [0.2, 0.25) is 0 Å². The second-order valence-electron chi connectivity index (χ2n) is 3.92. The Labute approximate surface area is 118 Å². The standard InChI is InChI=1S/C12H10FNO4S2/c1-7-11(6-10(19-7)12(15)16)20(17,18)14-9-5-3-2-4-8(9)13/h2-6,14H,1H3,(H,15,16). The zero-order valence-electron chi connectivity index (χ0n) is 10.3. The molecule has 1 aromatic carbocycles. The van der Waals surface area contributed by atoms with E-state index in [-0.39, 0.29) is 15.5 Å². The van der Waals surface area contributed by atoms with Gasteiger partial charge >= 0.3 is 5.97 Å². The van der Waals surface area contributed by atoms with Crippen molar-refractivity contribution in [2.24, 2.45) is 0 Å². The molecule has 2 N–H and O–H groups in total. The summed E-state index contributed by atoms with van der Waals surface area (Å²) in [6.45, 7) is 1.49. The number of aryl methyl sites for hydroxylation is 1. The van der Waals surface area contributed by atoms with Gasteiger partial charge in [0.15, 0.2) is 0 Å². The molecular formula is C12H10FNO4S2. The van der Waals surface area contributed by atoms with Crippen LogP contribution < -0.4 is 4.72 Å². The van der Waals surface area contributed by atoms with Gasteiger partial charge in [0.25, 0.3) is 10.0 Å². The first-order valence-electron chi connectivity index (χ1n) is 5.42. The minimum Gasteiger partial charge on any atom is -0.477 e. The predicted molar refractivity (Wildman–Crippen MR) is 73.2 cm³/mol. The average molecular weight is 315 g/mol. The third-order valence-electron chi connectivity index (χ3n) is 2.49. The zero-order valence-corrected chi connectivity index (χ0v) is 11.9. The van der Waals surface area contributed by atoms with Crippen LogP contribution in [0.3, 0.4) is 0 Å². The fourth-order valence-corrected chi connectivity index (χ4v) is 4.08. The molecule has 1 aromatic heterocycles. The first kappa shape index (κ1) is 14.5. The molecule has 0 radical (unpaired) electrons. The molecule has 5 nitrogen and oxygen atoms in total. The monoisotopic (exact) mass is 315 g/mol. The lowest BCUT2D eigenvalue weighted by molar-refractivity contribution is 0.0702. The van der Waals surface area contributed by atoms with Crippen molar-refractivity contribution in [3.8, 4) is 0 Å². The van der Waals surface area contributed by atoms with Gasteiger partial charge in [0.2, 0.25) is 0 Å². The van der Waals surface area contributed by atoms with Crippen LogP contribution >= 0.6 is 11.3 Å². The summed E-state index contributed by atoms with van der Waals surface area (Å²) in [6, 6.07) is 6.40. The third kappa shape index (κ3) is 2.81. The first-order chi connectivity index (χ1) is 9.31. The number of sulfonamides is 1. The van der Waals surface area contributed by atoms with Crippen molar-refractivity contribution in [1.82, 2.24) is 0 Å². The van der Waals surface area contributed by atoms with Gasteiger partial charge in [0.1, 0.15) is 15.6 Å². The number of rotatable bonds is 4. The molecule has 0 amide bonds. The van der Waals surface area contributed by atoms with Crippen LogP contribution in [0.15, 0.2) is 35.2 Å². The fourth-order valence-electron chi connectivity index (χ4n) is 1.58. The van der Waals surface area contributed by atoms with Crippen molar-refractivity contribution in [1.29, 1.82) is 0 Å². The average Bonchev–Trinajstić information content (AvgIpc) is 2.75. The summed E-state index contributed by atoms with van der Waals surface area (Å²) in [5, 5.41) is 8.86. The maximum atomic E-state index is 13.5. The van der Waals surface area contributed by atoms with E-state index in [1.165, 1.54) is 25.1 Å². The van der Waals surface area contributed by atoms with Crippen molar-refractivity contribution in [2.75, 3.05) is 4.72 Å². The lowest BCUT2D eigenvalue weighted by Crippen LogP contribution is -2.14. The molecule has 2 rings (SSSR count). The van der Waals surface area contributed by atoms with Gasteiger partial charge < -0.3 is 5.11 Å². The summed E-state index contributed by atoms with van der Waals surface area (Å²) in [5.41, 5.74) is -0.185. The Morgan fingerprint density at radius 2 is 2.00 bits per heavy atom. The van der Waals surface area contributed by atoms with Gasteiger partial charge in [-0.25, -0.2) is 17.6 Å². The van der Waals surface area contributed by atoms with Crippen LogP contribution in [0.1, 0.15) is 14.5 Å². The largest absolute Gasteiger partial charge is 0.477 e. The summed E-state index contributed by atoms with van der Waals surface area (Å²) in [4.78, 5) is 10.9. The highest BCUT2D eigenvalue weighted by molar-refractivity contribution is 7.93. The van der Waals surface area contributed by atoms with Gasteiger partial charge in [0.05, 0.1) is 5.69 Å². The van der Waals surface area contributed by atoms with E-state index in [4.69, 9.17) is 5.11 Å². The highest BCUT2D eigenvalue weighted by atomic mass is 32.2. The maximum absolute atomic E-state index is 13.5. The molecule has 20 heavy (non-hydrogen) atoms. The Morgan fingerprint density at radius 3 is 2.55 bits per heavy atom. The van der Waals surface area contributed by atoms with E-state index >= 15 is 0 Å². The summed E-state index contributed by atoms with van der Waals surface area (Å²) in [7, 11) is -4.02. The van der Waals surface area contributed by atoms with Crippen molar-refractivity contribution in [3.63, 3.8) is 0 Å². The Morgan fingerprint density at radius 1 is 1.35 bits per heavy atom. The van der Waals surface area contributed by atoms with Gasteiger partial charge in [-0.15, -0.1) is 11.3 Å². The molecule has 0 spiro atoms. The molecule has 8 heteroatoms. The number of halogens is 1. The fraction of sp³-hybridized carbons (Fsp3) is 0.0833. The van der Waals surface area contributed by atoms with E-state index in [2.05, 4.69) is 4.72 Å². The van der Waals surface area contributed by atoms with E-state index in [1.807, 2.05) is 0 Å². The summed E-state index contributed by atoms with van der Waals surface area (Å²) >= 11 is 0.852. The van der Waals surface area contributed by atoms with E-state index < -0.39 is 21.8 Å². The summed E-state index contributed by atoms with van der Waals surface area (Å²) < 4.78 is 39.9. The smallest absolute Gasteiger partial charge is 0.345 e. The summed E-state index contributed by atoms with van der Waals surface area (Å²) in [6.07, 6.45) is 0. The number of nitrogens with one attached hydrogen (secondary N) is 1. The van der Waals surface area contributed by atoms with Crippen molar-refractivity contribution in [3.05, 3.63) is 45.9 Å². The van der Waals surface area contributed by atoms with Gasteiger partial charge in [-0.1, -0.05) is 12.1 Å². The number of anilines is 1. The second-order valence-corrected chi connectivity index (χ2v) is 6.83. The highest BCUT2D eigenvalue weighted by Gasteiger charge is 2.23. The molecule has 1 heterocycles. The normalized spacial score (nSPS) is 11.3. The zero-order chi connectivity index (χ0) is 14.9. The van der Waals surface area contributed by atoms with Crippen molar-refractivity contribution < 1.29 is 22.7 Å². The molecule has 0 saturated carbocycles. The number of benzene rings is 1. The number of hydrogen-bond donors (Lipinski definition) is 2. The van der Waals surface area contributed by atoms with Gasteiger partial charge in [-0.2, -0.15) is 0 Å². The van der Waals surface area contributed by atoms with Gasteiger partial charge in [0, 0.05) is 4.88 Å². The molecule has 106 valence electrons. The molecule has 0 saturated heterocycles. The molecule has 0 fully saturated rings. The minimum absolute atomic E-state index is 0.0867. The minimum atomic E-state index is -4.02. The molecule has 0 unspecified atom stereocenters. The van der Waals surface area contributed by atoms with E-state index in [0.29, 0.717) is 4.88 Å². The Kier molecular flexibility index (Phi) is 3.78. The summed E-state index contributed by atoms with van der Waals surface area (Å²) in [5.74, 6) is -1.91. The van der Waals surface area contributed by atoms with Crippen molar-refractivity contribution in [2.45, 2.75) is 11.8 Å². The van der Waals surface area contributed by atoms with Crippen LogP contribution in [-0.4, -0.2) is 19.5 Å². The molecule has 0 aliphatic heterocycles. The Balaban J connectivity index is 2.41. The molecule has 0 bridgehead atoms. The number of carboxylic acid groups (broad SMARTS) is 1. The van der Waals surface area contributed by atoms with Gasteiger partial charge in [-0.3, -0.25) is 4.72 Å². The van der Waals surface area contributed by atoms with Crippen LogP contribution in [0.4, 0.5) is 10.1 Å². The number of carbonyl (C=O) groups is 1. The second kappa shape index (κ2) is 5.22. The highest BCUT2D eigenvalue weighted by Crippen LogP contribution is 2.28. The van der Waals surface area contributed by atoms with E-state index in [9.17, 15) is 17.6 Å². The predicted octanol–water partition coefficient (Wildman–Crippen LogP) is 2.69. The molecular weight excluding hydrogens is 305 g/mol. The number of hydrogen-bond acceptors (Lipinski definition) is 4. The van der Waals surface area contributed by atoms with Crippen LogP contribution in [-0.2, 0) is 10.0 Å². The first-order valence-corrected chi connectivity index (χ1v) is 7.72. The maximum Gasteiger partial charge on any atom is 0.345 e. The number of para-hydroxylation sites is 1. The SMILES string of the molecule is Cc1sc(C(=O)O)cc1S(=O)(=O)Nc1ccccc1F. The molecule has 0 aliphatic carbocycles. The lowest BCUT2D eigenvalue weighted by Gasteiger charge is -2.08. The Bertz CT molecular complexity index is 768. The number of thiophene rings is 1. The molecule has 0 aliphatic rings. The number of carboxylic acids is 1. The molecule has 2 aromatic rings. The van der Waals surface area contributed by atoms with Crippen LogP contribution in [0.25, 0.3) is 0 Å². The van der Waals surface area contributed by atoms with Gasteiger partial charge in [-0.05, 0) is 25.1 Å².